The SMILES string of the molecule is O=S(=O)(Nc1ccc(F)cc1OCCO)c1c(F)cccc1F. The van der Waals surface area contributed by atoms with Crippen LogP contribution < -0.4 is 9.46 Å². The van der Waals surface area contributed by atoms with Gasteiger partial charge in [-0.2, -0.15) is 0 Å². The molecule has 0 atom stereocenters. The molecule has 0 aliphatic carbocycles. The monoisotopic (exact) mass is 347 g/mol. The van der Waals surface area contributed by atoms with E-state index in [2.05, 4.69) is 0 Å². The summed E-state index contributed by atoms with van der Waals surface area (Å²) in [5.74, 6) is -3.47. The Hall–Kier alpha value is -2.26. The van der Waals surface area contributed by atoms with Gasteiger partial charge in [-0.15, -0.1) is 0 Å². The Balaban J connectivity index is 2.41. The fourth-order valence-electron chi connectivity index (χ4n) is 1.79. The number of anilines is 1. The Morgan fingerprint density at radius 3 is 2.35 bits per heavy atom. The number of ether oxygens (including phenoxy) is 1. The van der Waals surface area contributed by atoms with Crippen molar-refractivity contribution in [3.8, 4) is 5.75 Å². The van der Waals surface area contributed by atoms with Crippen LogP contribution in [0, 0.1) is 17.5 Å². The summed E-state index contributed by atoms with van der Waals surface area (Å²) < 4.78 is 71.8. The normalized spacial score (nSPS) is 11.3. The first kappa shape index (κ1) is 17.1. The molecule has 0 aliphatic heterocycles. The maximum atomic E-state index is 13.6. The Kier molecular flexibility index (Phi) is 5.12. The predicted molar refractivity (Wildman–Crippen MR) is 76.1 cm³/mol. The maximum Gasteiger partial charge on any atom is 0.267 e. The van der Waals surface area contributed by atoms with Crippen molar-refractivity contribution in [2.75, 3.05) is 17.9 Å². The van der Waals surface area contributed by atoms with Crippen LogP contribution in [0.1, 0.15) is 0 Å². The lowest BCUT2D eigenvalue weighted by Gasteiger charge is -2.14. The van der Waals surface area contributed by atoms with E-state index >= 15 is 0 Å². The van der Waals surface area contributed by atoms with Crippen molar-refractivity contribution in [1.29, 1.82) is 0 Å². The van der Waals surface area contributed by atoms with Crippen molar-refractivity contribution in [1.82, 2.24) is 0 Å². The molecule has 0 fully saturated rings. The largest absolute Gasteiger partial charge is 0.489 e. The average Bonchev–Trinajstić information content (AvgIpc) is 2.47. The molecule has 0 aromatic heterocycles. The second-order valence-corrected chi connectivity index (χ2v) is 5.99. The number of sulfonamides is 1. The summed E-state index contributed by atoms with van der Waals surface area (Å²) in [5.41, 5.74) is -0.220. The quantitative estimate of drug-likeness (QED) is 0.841. The molecule has 0 unspecified atom stereocenters. The van der Waals surface area contributed by atoms with Crippen molar-refractivity contribution in [3.63, 3.8) is 0 Å². The number of aliphatic hydroxyl groups excluding tert-OH is 1. The Bertz CT molecular complexity index is 791. The van der Waals surface area contributed by atoms with Gasteiger partial charge in [-0.05, 0) is 24.3 Å². The molecule has 2 aromatic carbocycles. The zero-order valence-electron chi connectivity index (χ0n) is 11.6. The average molecular weight is 347 g/mol. The standard InChI is InChI=1S/C14H12F3NO4S/c15-9-4-5-12(13(8-9)22-7-6-19)18-23(20,21)14-10(16)2-1-3-11(14)17/h1-5,8,18-19H,6-7H2. The summed E-state index contributed by atoms with van der Waals surface area (Å²) >= 11 is 0. The highest BCUT2D eigenvalue weighted by Gasteiger charge is 2.25. The fraction of sp³-hybridized carbons (Fsp3) is 0.143. The first-order valence-corrected chi connectivity index (χ1v) is 7.83. The number of halogens is 3. The van der Waals surface area contributed by atoms with Gasteiger partial charge < -0.3 is 9.84 Å². The van der Waals surface area contributed by atoms with E-state index in [-0.39, 0.29) is 24.7 Å². The molecular formula is C14H12F3NO4S. The van der Waals surface area contributed by atoms with E-state index in [1.807, 2.05) is 4.72 Å². The van der Waals surface area contributed by atoms with Crippen LogP contribution in [-0.2, 0) is 10.0 Å². The smallest absolute Gasteiger partial charge is 0.267 e. The lowest BCUT2D eigenvalue weighted by Crippen LogP contribution is -2.17. The summed E-state index contributed by atoms with van der Waals surface area (Å²) in [6.07, 6.45) is 0. The second-order valence-electron chi connectivity index (χ2n) is 4.37. The van der Waals surface area contributed by atoms with Gasteiger partial charge in [-0.1, -0.05) is 6.07 Å². The molecule has 0 aliphatic rings. The maximum absolute atomic E-state index is 13.6. The topological polar surface area (TPSA) is 75.6 Å². The van der Waals surface area contributed by atoms with Crippen molar-refractivity contribution >= 4 is 15.7 Å². The fourth-order valence-corrected chi connectivity index (χ4v) is 3.00. The van der Waals surface area contributed by atoms with Gasteiger partial charge in [0.25, 0.3) is 10.0 Å². The number of rotatable bonds is 6. The van der Waals surface area contributed by atoms with E-state index in [9.17, 15) is 21.6 Å². The number of aliphatic hydroxyl groups is 1. The highest BCUT2D eigenvalue weighted by Crippen LogP contribution is 2.29. The molecule has 5 nitrogen and oxygen atoms in total. The van der Waals surface area contributed by atoms with Crippen LogP contribution in [0.5, 0.6) is 5.75 Å². The van der Waals surface area contributed by atoms with Crippen LogP contribution in [0.3, 0.4) is 0 Å². The van der Waals surface area contributed by atoms with Gasteiger partial charge in [-0.3, -0.25) is 4.72 Å². The summed E-state index contributed by atoms with van der Waals surface area (Å²) in [5, 5.41) is 8.71. The van der Waals surface area contributed by atoms with E-state index in [0.717, 1.165) is 36.4 Å². The minimum absolute atomic E-state index is 0.216. The molecule has 0 spiro atoms. The van der Waals surface area contributed by atoms with Crippen molar-refractivity contribution in [2.45, 2.75) is 4.90 Å². The minimum Gasteiger partial charge on any atom is -0.489 e. The lowest BCUT2D eigenvalue weighted by atomic mass is 10.3. The molecule has 0 saturated heterocycles. The molecule has 0 heterocycles. The van der Waals surface area contributed by atoms with E-state index in [4.69, 9.17) is 9.84 Å². The van der Waals surface area contributed by atoms with E-state index in [1.54, 1.807) is 0 Å². The molecule has 2 N–H and O–H groups in total. The van der Waals surface area contributed by atoms with Crippen LogP contribution in [0.15, 0.2) is 41.3 Å². The van der Waals surface area contributed by atoms with Crippen LogP contribution in [0.2, 0.25) is 0 Å². The molecule has 0 saturated carbocycles. The van der Waals surface area contributed by atoms with E-state index < -0.39 is 32.4 Å². The molecule has 9 heteroatoms. The third-order valence-corrected chi connectivity index (χ3v) is 4.14. The van der Waals surface area contributed by atoms with Crippen LogP contribution in [-0.4, -0.2) is 26.7 Å². The summed E-state index contributed by atoms with van der Waals surface area (Å²) in [4.78, 5) is -1.16. The molecule has 0 bridgehead atoms. The Labute approximate surface area is 130 Å². The first-order valence-electron chi connectivity index (χ1n) is 6.35. The molecule has 2 rings (SSSR count). The summed E-state index contributed by atoms with van der Waals surface area (Å²) in [6, 6.07) is 5.49. The van der Waals surface area contributed by atoms with Gasteiger partial charge in [0, 0.05) is 6.07 Å². The van der Waals surface area contributed by atoms with Gasteiger partial charge in [0.1, 0.15) is 29.8 Å². The number of hydrogen-bond donors (Lipinski definition) is 2. The van der Waals surface area contributed by atoms with Gasteiger partial charge in [-0.25, -0.2) is 21.6 Å². The number of benzene rings is 2. The molecule has 23 heavy (non-hydrogen) atoms. The van der Waals surface area contributed by atoms with Crippen LogP contribution in [0.4, 0.5) is 18.9 Å². The predicted octanol–water partition coefficient (Wildman–Crippen LogP) is 2.28. The summed E-state index contributed by atoms with van der Waals surface area (Å²) in [6.45, 7) is -0.600. The molecule has 124 valence electrons. The van der Waals surface area contributed by atoms with Gasteiger partial charge in [0.15, 0.2) is 4.90 Å². The Morgan fingerprint density at radius 2 is 1.74 bits per heavy atom. The zero-order valence-corrected chi connectivity index (χ0v) is 12.4. The molecule has 0 amide bonds. The molecule has 2 aromatic rings. The number of hydrogen-bond acceptors (Lipinski definition) is 4. The van der Waals surface area contributed by atoms with Gasteiger partial charge in [0.05, 0.1) is 12.3 Å². The van der Waals surface area contributed by atoms with Crippen molar-refractivity contribution in [3.05, 3.63) is 53.8 Å². The van der Waals surface area contributed by atoms with Gasteiger partial charge in [0.2, 0.25) is 0 Å². The molecular weight excluding hydrogens is 335 g/mol. The Morgan fingerprint density at radius 1 is 1.09 bits per heavy atom. The highest BCUT2D eigenvalue weighted by molar-refractivity contribution is 7.92. The highest BCUT2D eigenvalue weighted by atomic mass is 32.2. The number of nitrogens with one attached hydrogen (secondary N) is 1. The second kappa shape index (κ2) is 6.88. The zero-order chi connectivity index (χ0) is 17.0. The van der Waals surface area contributed by atoms with Crippen LogP contribution >= 0.6 is 0 Å². The summed E-state index contributed by atoms with van der Waals surface area (Å²) in [7, 11) is -4.60. The van der Waals surface area contributed by atoms with Crippen molar-refractivity contribution in [2.24, 2.45) is 0 Å². The van der Waals surface area contributed by atoms with Crippen molar-refractivity contribution < 1.29 is 31.4 Å². The van der Waals surface area contributed by atoms with E-state index in [1.165, 1.54) is 0 Å². The van der Waals surface area contributed by atoms with E-state index in [0.29, 0.717) is 0 Å². The minimum atomic E-state index is -4.60. The lowest BCUT2D eigenvalue weighted by molar-refractivity contribution is 0.201. The first-order chi connectivity index (χ1) is 10.8. The third-order valence-electron chi connectivity index (χ3n) is 2.72. The van der Waals surface area contributed by atoms with Crippen LogP contribution in [0.25, 0.3) is 0 Å². The molecule has 0 radical (unpaired) electrons. The van der Waals surface area contributed by atoms with Gasteiger partial charge >= 0.3 is 0 Å². The third kappa shape index (κ3) is 3.93.